The van der Waals surface area contributed by atoms with Crippen LogP contribution in [0.2, 0.25) is 5.02 Å². The summed E-state index contributed by atoms with van der Waals surface area (Å²) in [7, 11) is 0. The number of nitrogens with zero attached hydrogens (tertiary/aromatic N) is 4. The largest absolute Gasteiger partial charge is 0.490 e. The smallest absolute Gasteiger partial charge is 0.211 e. The molecule has 0 N–H and O–H groups in total. The van der Waals surface area contributed by atoms with Gasteiger partial charge in [-0.25, -0.2) is 0 Å². The Bertz CT molecular complexity index is 790. The van der Waals surface area contributed by atoms with E-state index in [2.05, 4.69) is 43.0 Å². The highest BCUT2D eigenvalue weighted by molar-refractivity contribution is 7.98. The third-order valence-corrected chi connectivity index (χ3v) is 4.45. The van der Waals surface area contributed by atoms with Gasteiger partial charge >= 0.3 is 0 Å². The number of benzene rings is 1. The summed E-state index contributed by atoms with van der Waals surface area (Å²) in [6, 6.07) is 3.70. The molecule has 0 saturated carbocycles. The Morgan fingerprint density at radius 3 is 2.56 bits per heavy atom. The van der Waals surface area contributed by atoms with E-state index in [4.69, 9.17) is 21.1 Å². The topological polar surface area (TPSA) is 61.5 Å². The van der Waals surface area contributed by atoms with Crippen LogP contribution in [0, 0.1) is 5.92 Å². The van der Waals surface area contributed by atoms with Gasteiger partial charge in [0.05, 0.1) is 24.5 Å². The molecule has 0 amide bonds. The van der Waals surface area contributed by atoms with Crippen LogP contribution in [-0.4, -0.2) is 40.6 Å². The van der Waals surface area contributed by atoms with Gasteiger partial charge in [-0.2, -0.15) is 9.78 Å². The molecular formula is C19H27ClN4O2S. The van der Waals surface area contributed by atoms with E-state index < -0.39 is 0 Å². The molecule has 0 saturated heterocycles. The van der Waals surface area contributed by atoms with E-state index in [0.717, 1.165) is 16.5 Å². The molecule has 1 aromatic carbocycles. The standard InChI is InChI=1S/C19H27ClN4O2S/c1-7-25-16-9-14(8-15(20)17(16)26-11-12(2)3)10-21-24-18(13(4)5)22-23-19(24)27-6/h8-10,12-13H,7,11H2,1-6H3/b21-10-. The summed E-state index contributed by atoms with van der Waals surface area (Å²) in [5.41, 5.74) is 0.816. The average Bonchev–Trinajstić information content (AvgIpc) is 3.02. The van der Waals surface area contributed by atoms with E-state index in [1.54, 1.807) is 10.9 Å². The number of halogens is 1. The zero-order valence-electron chi connectivity index (χ0n) is 16.7. The first-order valence-electron chi connectivity index (χ1n) is 9.00. The van der Waals surface area contributed by atoms with Crippen LogP contribution in [0.3, 0.4) is 0 Å². The van der Waals surface area contributed by atoms with Crippen molar-refractivity contribution in [2.24, 2.45) is 11.0 Å². The molecule has 0 spiro atoms. The van der Waals surface area contributed by atoms with Crippen LogP contribution in [0.1, 0.15) is 51.9 Å². The maximum absolute atomic E-state index is 6.45. The molecule has 0 aliphatic rings. The van der Waals surface area contributed by atoms with Crippen LogP contribution in [0.4, 0.5) is 0 Å². The van der Waals surface area contributed by atoms with Crippen LogP contribution < -0.4 is 9.47 Å². The van der Waals surface area contributed by atoms with Crippen molar-refractivity contribution in [2.75, 3.05) is 19.5 Å². The Hall–Kier alpha value is -1.73. The molecule has 2 rings (SSSR count). The fourth-order valence-electron chi connectivity index (χ4n) is 2.31. The molecule has 0 unspecified atom stereocenters. The molecule has 0 radical (unpaired) electrons. The van der Waals surface area contributed by atoms with Crippen molar-refractivity contribution in [1.82, 2.24) is 14.9 Å². The van der Waals surface area contributed by atoms with E-state index in [1.807, 2.05) is 25.3 Å². The van der Waals surface area contributed by atoms with Gasteiger partial charge in [-0.05, 0) is 36.8 Å². The molecule has 27 heavy (non-hydrogen) atoms. The Labute approximate surface area is 170 Å². The van der Waals surface area contributed by atoms with E-state index in [9.17, 15) is 0 Å². The minimum Gasteiger partial charge on any atom is -0.490 e. The Morgan fingerprint density at radius 1 is 1.22 bits per heavy atom. The van der Waals surface area contributed by atoms with E-state index >= 15 is 0 Å². The average molecular weight is 411 g/mol. The molecular weight excluding hydrogens is 384 g/mol. The van der Waals surface area contributed by atoms with Gasteiger partial charge in [-0.1, -0.05) is 51.1 Å². The summed E-state index contributed by atoms with van der Waals surface area (Å²) >= 11 is 7.95. The number of thioether (sulfide) groups is 1. The van der Waals surface area contributed by atoms with E-state index in [-0.39, 0.29) is 5.92 Å². The lowest BCUT2D eigenvalue weighted by Gasteiger charge is -2.15. The highest BCUT2D eigenvalue weighted by Gasteiger charge is 2.15. The lowest BCUT2D eigenvalue weighted by molar-refractivity contribution is 0.248. The van der Waals surface area contributed by atoms with Gasteiger partial charge in [0.15, 0.2) is 17.3 Å². The van der Waals surface area contributed by atoms with Gasteiger partial charge < -0.3 is 9.47 Å². The maximum atomic E-state index is 6.45. The van der Waals surface area contributed by atoms with E-state index in [0.29, 0.717) is 35.7 Å². The first-order valence-corrected chi connectivity index (χ1v) is 10.6. The predicted octanol–water partition coefficient (Wildman–Crippen LogP) is 5.09. The summed E-state index contributed by atoms with van der Waals surface area (Å²) < 4.78 is 13.3. The zero-order valence-corrected chi connectivity index (χ0v) is 18.3. The minimum absolute atomic E-state index is 0.213. The lowest BCUT2D eigenvalue weighted by atomic mass is 10.2. The maximum Gasteiger partial charge on any atom is 0.211 e. The van der Waals surface area contributed by atoms with Gasteiger partial charge in [-0.3, -0.25) is 0 Å². The molecule has 1 aromatic heterocycles. The quantitative estimate of drug-likeness (QED) is 0.425. The SMILES string of the molecule is CCOc1cc(/C=N\n2c(SC)nnc2C(C)C)cc(Cl)c1OCC(C)C. The van der Waals surface area contributed by atoms with Gasteiger partial charge in [0.1, 0.15) is 0 Å². The third-order valence-electron chi connectivity index (χ3n) is 3.55. The molecule has 8 heteroatoms. The zero-order chi connectivity index (χ0) is 20.0. The second kappa shape index (κ2) is 9.99. The first kappa shape index (κ1) is 21.6. The monoisotopic (exact) mass is 410 g/mol. The minimum atomic E-state index is 0.213. The first-order chi connectivity index (χ1) is 12.9. The molecule has 0 aliphatic heterocycles. The van der Waals surface area contributed by atoms with Crippen LogP contribution >= 0.6 is 23.4 Å². The van der Waals surface area contributed by atoms with Crippen LogP contribution in [0.25, 0.3) is 0 Å². The third kappa shape index (κ3) is 5.62. The summed E-state index contributed by atoms with van der Waals surface area (Å²) in [5, 5.41) is 14.2. The van der Waals surface area contributed by atoms with Crippen molar-refractivity contribution >= 4 is 29.6 Å². The number of ether oxygens (including phenoxy) is 2. The second-order valence-corrected chi connectivity index (χ2v) is 7.90. The van der Waals surface area contributed by atoms with Crippen molar-refractivity contribution in [3.8, 4) is 11.5 Å². The number of hydrogen-bond donors (Lipinski definition) is 0. The molecule has 0 atom stereocenters. The molecule has 1 heterocycles. The number of hydrogen-bond acceptors (Lipinski definition) is 6. The normalized spacial score (nSPS) is 11.7. The van der Waals surface area contributed by atoms with Crippen molar-refractivity contribution in [1.29, 1.82) is 0 Å². The summed E-state index contributed by atoms with van der Waals surface area (Å²) in [4.78, 5) is 0. The molecule has 2 aromatic rings. The fourth-order valence-corrected chi connectivity index (χ4v) is 3.02. The highest BCUT2D eigenvalue weighted by Crippen LogP contribution is 2.36. The highest BCUT2D eigenvalue weighted by atomic mass is 35.5. The molecule has 0 aliphatic carbocycles. The van der Waals surface area contributed by atoms with Crippen LogP contribution in [0.5, 0.6) is 11.5 Å². The summed E-state index contributed by atoms with van der Waals surface area (Å²) in [5.74, 6) is 2.60. The Kier molecular flexibility index (Phi) is 7.98. The van der Waals surface area contributed by atoms with Crippen molar-refractivity contribution in [2.45, 2.75) is 45.7 Å². The predicted molar refractivity (Wildman–Crippen MR) is 112 cm³/mol. The molecule has 0 bridgehead atoms. The summed E-state index contributed by atoms with van der Waals surface area (Å²) in [6.45, 7) is 11.3. The molecule has 6 nitrogen and oxygen atoms in total. The second-order valence-electron chi connectivity index (χ2n) is 6.72. The van der Waals surface area contributed by atoms with Gasteiger partial charge in [0.2, 0.25) is 5.16 Å². The fraction of sp³-hybridized carbons (Fsp3) is 0.526. The van der Waals surface area contributed by atoms with Crippen molar-refractivity contribution in [3.63, 3.8) is 0 Å². The van der Waals surface area contributed by atoms with Crippen LogP contribution in [0.15, 0.2) is 22.4 Å². The van der Waals surface area contributed by atoms with Crippen LogP contribution in [-0.2, 0) is 0 Å². The van der Waals surface area contributed by atoms with Crippen molar-refractivity contribution < 1.29 is 9.47 Å². The van der Waals surface area contributed by atoms with Gasteiger partial charge in [0.25, 0.3) is 0 Å². The van der Waals surface area contributed by atoms with Gasteiger partial charge in [0, 0.05) is 5.92 Å². The lowest BCUT2D eigenvalue weighted by Crippen LogP contribution is -2.07. The summed E-state index contributed by atoms with van der Waals surface area (Å²) in [6.07, 6.45) is 3.68. The van der Waals surface area contributed by atoms with Crippen molar-refractivity contribution in [3.05, 3.63) is 28.5 Å². The number of rotatable bonds is 9. The molecule has 0 fully saturated rings. The molecule has 148 valence electrons. The number of aromatic nitrogens is 3. The Morgan fingerprint density at radius 2 is 1.96 bits per heavy atom. The van der Waals surface area contributed by atoms with E-state index in [1.165, 1.54) is 11.8 Å². The Balaban J connectivity index is 2.37. The van der Waals surface area contributed by atoms with Gasteiger partial charge in [-0.15, -0.1) is 10.2 Å².